The molecule has 90 heavy (non-hydrogen) atoms. The monoisotopic (exact) mass is 1300 g/mol. The first-order valence-corrected chi connectivity index (χ1v) is 31.9. The zero-order chi connectivity index (χ0) is 70.1. The summed E-state index contributed by atoms with van der Waals surface area (Å²) in [4.78, 5) is 172. The molecule has 12 atom stereocenters. The lowest BCUT2D eigenvalue weighted by Gasteiger charge is -2.39. The Labute approximate surface area is 540 Å². The highest BCUT2D eigenvalue weighted by Crippen LogP contribution is 2.23. The van der Waals surface area contributed by atoms with Crippen LogP contribution in [0, 0.1) is 41.4 Å². The number of esters is 1. The fourth-order valence-corrected chi connectivity index (χ4v) is 10.5. The number of carboxylic acid groups (broad SMARTS) is 1. The number of aliphatic hydroxyl groups excluding tert-OH is 1. The van der Waals surface area contributed by atoms with Gasteiger partial charge in [0.15, 0.2) is 6.07 Å². The minimum atomic E-state index is -1.25. The molecule has 27 heteroatoms. The Balaban J connectivity index is 6.48. The lowest BCUT2D eigenvalue weighted by molar-refractivity contribution is -0.157. The van der Waals surface area contributed by atoms with Crippen LogP contribution in [-0.2, 0) is 62.3 Å². The molecular formula is C63H112ClN11O15. The van der Waals surface area contributed by atoms with Crippen LogP contribution < -0.4 is 26.6 Å². The number of alkyl halides is 1. The van der Waals surface area contributed by atoms with Gasteiger partial charge in [-0.25, -0.2) is 9.59 Å². The molecule has 0 rings (SSSR count). The van der Waals surface area contributed by atoms with Gasteiger partial charge in [-0.15, -0.1) is 0 Å². The normalized spacial score (nSPS) is 15.7. The van der Waals surface area contributed by atoms with Crippen molar-refractivity contribution in [1.82, 2.24) is 56.0 Å². The number of amides is 10. The molecule has 7 N–H and O–H groups in total. The van der Waals surface area contributed by atoms with Crippen LogP contribution >= 0.6 is 11.6 Å². The summed E-state index contributed by atoms with van der Waals surface area (Å²) in [6.07, 6.45) is 2.39. The third kappa shape index (κ3) is 26.1. The second kappa shape index (κ2) is 39.8. The minimum Gasteiger partial charge on any atom is -0.480 e. The fraction of sp³-hybridized carbons (Fsp3) is 0.778. The molecule has 0 aliphatic heterocycles. The maximum atomic E-state index is 14.6. The van der Waals surface area contributed by atoms with Crippen LogP contribution in [0.2, 0.25) is 0 Å². The molecule has 0 aromatic heterocycles. The Hall–Kier alpha value is -6.41. The zero-order valence-corrected chi connectivity index (χ0v) is 58.7. The van der Waals surface area contributed by atoms with Crippen molar-refractivity contribution in [2.45, 2.75) is 216 Å². The SMILES string of the molecule is CCC(NC(=O)C(NC)[C@H](O)[C@H](C)C/C=C/C(=O)OCCl)C(=O)N(C)CC(=O)N(C)[C@@H](CC(C)C)C(=O)N[C@H](C(=O)N(C)[C@@H](CC(C)C)C(=O)N[C@H](C)C(=O)N[C@H](C)C(=O)N(C)[C@@H](CC(C)C)C(=O)N(C)[C@@H](CC(C)C)C(=O)N(C)[C@H](C(=O)O)C(C)C)C(C)C. The largest absolute Gasteiger partial charge is 0.480 e. The number of allylic oxidation sites excluding steroid dienone is 1. The van der Waals surface area contributed by atoms with Gasteiger partial charge < -0.3 is 70.9 Å². The predicted molar refractivity (Wildman–Crippen MR) is 344 cm³/mol. The quantitative estimate of drug-likeness (QED) is 0.0264. The number of aliphatic hydroxyl groups is 1. The van der Waals surface area contributed by atoms with E-state index < -0.39 is 162 Å². The molecule has 0 saturated carbocycles. The van der Waals surface area contributed by atoms with E-state index in [9.17, 15) is 67.7 Å². The Bertz CT molecular complexity index is 2440. The van der Waals surface area contributed by atoms with Gasteiger partial charge in [-0.2, -0.15) is 0 Å². The summed E-state index contributed by atoms with van der Waals surface area (Å²) in [5.74, 6) is -10.3. The molecule has 0 heterocycles. The van der Waals surface area contributed by atoms with Crippen LogP contribution in [-0.4, -0.2) is 239 Å². The predicted octanol–water partition coefficient (Wildman–Crippen LogP) is 2.82. The van der Waals surface area contributed by atoms with Gasteiger partial charge >= 0.3 is 11.9 Å². The number of rotatable bonds is 39. The first kappa shape index (κ1) is 83.6. The van der Waals surface area contributed by atoms with E-state index in [1.807, 2.05) is 55.4 Å². The average Bonchev–Trinajstić information content (AvgIpc) is 0.909. The molecule has 0 fully saturated rings. The molecule has 0 aromatic carbocycles. The summed E-state index contributed by atoms with van der Waals surface area (Å²) in [6.45, 7) is 27.3. The Morgan fingerprint density at radius 3 is 1.37 bits per heavy atom. The standard InChI is InChI=1S/C63H112ClN11O15/c1-24-43(68-57(82)51(65-17)53(78)40(14)26-25-27-49(77)90-33-64)59(84)70(18)32-48(76)71(19)44(28-34(2)3)56(81)69-50(38(10)11)62(87)72(20)45(29-35(4)5)55(80)66-41(15)54(79)67-42(16)58(83)73(21)46(30-36(6)7)60(85)74(22)47(31-37(8)9)61(86)75(23)52(39(12)13)63(88)89/h25,27,34-47,50-53,65,78H,24,26,28-33H2,1-23H3,(H,66,80)(H,67,79)(H,68,82)(H,69,81)(H,88,89)/b27-25+/t40-,41-,42-,43?,44+,45+,46+,47+,50+,51?,52+,53-/m1/s1. The summed E-state index contributed by atoms with van der Waals surface area (Å²) >= 11 is 5.42. The number of carbonyl (C=O) groups is 12. The molecule has 0 saturated heterocycles. The number of hydrogen-bond donors (Lipinski definition) is 7. The van der Waals surface area contributed by atoms with Gasteiger partial charge in [0.1, 0.15) is 60.4 Å². The summed E-state index contributed by atoms with van der Waals surface area (Å²) in [5.41, 5.74) is 0. The third-order valence-corrected chi connectivity index (χ3v) is 16.0. The number of carboxylic acids is 1. The summed E-state index contributed by atoms with van der Waals surface area (Å²) in [5, 5.41) is 34.6. The van der Waals surface area contributed by atoms with Gasteiger partial charge in [-0.3, -0.25) is 47.9 Å². The van der Waals surface area contributed by atoms with Crippen molar-refractivity contribution in [3.8, 4) is 0 Å². The lowest BCUT2D eigenvalue weighted by atomic mass is 9.94. The van der Waals surface area contributed by atoms with Crippen molar-refractivity contribution in [3.05, 3.63) is 12.2 Å². The Morgan fingerprint density at radius 2 is 0.933 bits per heavy atom. The molecule has 10 amide bonds. The van der Waals surface area contributed by atoms with Crippen molar-refractivity contribution < 1.29 is 72.5 Å². The number of halogens is 1. The van der Waals surface area contributed by atoms with Gasteiger partial charge in [0.2, 0.25) is 59.1 Å². The zero-order valence-electron chi connectivity index (χ0n) is 58.0. The van der Waals surface area contributed by atoms with E-state index in [0.29, 0.717) is 0 Å². The van der Waals surface area contributed by atoms with E-state index in [1.165, 1.54) is 88.9 Å². The third-order valence-electron chi connectivity index (χ3n) is 15.9. The molecule has 2 unspecified atom stereocenters. The molecule has 0 aromatic rings. The van der Waals surface area contributed by atoms with Gasteiger partial charge in [-0.05, 0) is 101 Å². The molecule has 516 valence electrons. The van der Waals surface area contributed by atoms with Crippen LogP contribution in [0.3, 0.4) is 0 Å². The van der Waals surface area contributed by atoms with Crippen molar-refractivity contribution in [1.29, 1.82) is 0 Å². The second-order valence-electron chi connectivity index (χ2n) is 26.2. The number of nitrogens with zero attached hydrogens (tertiary/aromatic N) is 6. The van der Waals surface area contributed by atoms with Crippen molar-refractivity contribution in [3.63, 3.8) is 0 Å². The smallest absolute Gasteiger partial charge is 0.331 e. The van der Waals surface area contributed by atoms with Crippen LogP contribution in [0.1, 0.15) is 149 Å². The summed E-state index contributed by atoms with van der Waals surface area (Å²) in [7, 11) is 9.93. The summed E-state index contributed by atoms with van der Waals surface area (Å²) < 4.78 is 4.65. The molecule has 0 bridgehead atoms. The van der Waals surface area contributed by atoms with E-state index in [0.717, 1.165) is 15.9 Å². The number of hydrogen-bond acceptors (Lipinski definition) is 15. The Kier molecular flexibility index (Phi) is 36.9. The number of nitrogens with one attached hydrogen (secondary N) is 5. The molecule has 0 aliphatic carbocycles. The van der Waals surface area contributed by atoms with Gasteiger partial charge in [0.25, 0.3) is 0 Å². The van der Waals surface area contributed by atoms with Gasteiger partial charge in [0, 0.05) is 48.4 Å². The van der Waals surface area contributed by atoms with Crippen LogP contribution in [0.15, 0.2) is 12.2 Å². The molecule has 26 nitrogen and oxygen atoms in total. The topological polar surface area (TPSA) is 334 Å². The van der Waals surface area contributed by atoms with E-state index in [1.54, 1.807) is 41.5 Å². The molecule has 0 radical (unpaired) electrons. The van der Waals surface area contributed by atoms with E-state index in [2.05, 4.69) is 31.3 Å². The van der Waals surface area contributed by atoms with E-state index >= 15 is 0 Å². The van der Waals surface area contributed by atoms with Crippen LogP contribution in [0.4, 0.5) is 0 Å². The van der Waals surface area contributed by atoms with Crippen molar-refractivity contribution in [2.75, 3.05) is 61.9 Å². The maximum absolute atomic E-state index is 14.6. The van der Waals surface area contributed by atoms with E-state index in [4.69, 9.17) is 11.6 Å². The van der Waals surface area contributed by atoms with E-state index in [-0.39, 0.29) is 68.3 Å². The number of aliphatic carboxylic acids is 1. The second-order valence-corrected chi connectivity index (χ2v) is 26.4. The van der Waals surface area contributed by atoms with Gasteiger partial charge in [0.05, 0.1) is 12.6 Å². The van der Waals surface area contributed by atoms with Gasteiger partial charge in [-0.1, -0.05) is 115 Å². The minimum absolute atomic E-state index is 0.0801. The Morgan fingerprint density at radius 1 is 0.500 bits per heavy atom. The summed E-state index contributed by atoms with van der Waals surface area (Å²) in [6, 6.07) is -11.9. The van der Waals surface area contributed by atoms with Crippen LogP contribution in [0.5, 0.6) is 0 Å². The highest BCUT2D eigenvalue weighted by molar-refractivity contribution is 6.17. The van der Waals surface area contributed by atoms with Crippen molar-refractivity contribution in [2.24, 2.45) is 41.4 Å². The number of likely N-dealkylation sites (N-methyl/N-ethyl adjacent to an activating group) is 7. The highest BCUT2D eigenvalue weighted by atomic mass is 35.5. The number of ether oxygens (including phenoxy) is 1. The first-order valence-electron chi connectivity index (χ1n) is 31.3. The molecule has 0 spiro atoms. The average molecular weight is 1300 g/mol. The van der Waals surface area contributed by atoms with Crippen molar-refractivity contribution >= 4 is 82.6 Å². The fourth-order valence-electron chi connectivity index (χ4n) is 10.4. The first-order chi connectivity index (χ1) is 41.6. The maximum Gasteiger partial charge on any atom is 0.331 e. The lowest BCUT2D eigenvalue weighted by Crippen LogP contribution is -2.61. The van der Waals surface area contributed by atoms with Crippen LogP contribution in [0.25, 0.3) is 0 Å². The number of carbonyl (C=O) groups excluding carboxylic acids is 11. The molecule has 0 aliphatic rings. The molecular weight excluding hydrogens is 1190 g/mol. The highest BCUT2D eigenvalue weighted by Gasteiger charge is 2.42.